The van der Waals surface area contributed by atoms with E-state index in [1.165, 1.54) is 0 Å². The predicted octanol–water partition coefficient (Wildman–Crippen LogP) is 2.18. The molecule has 0 heterocycles. The normalized spacial score (nSPS) is 10.0. The Morgan fingerprint density at radius 2 is 1.42 bits per heavy atom. The molecular weight excluding hydrogens is 314 g/mol. The van der Waals surface area contributed by atoms with Gasteiger partial charge in [0.2, 0.25) is 5.75 Å². The third-order valence-corrected chi connectivity index (χ3v) is 2.87. The maximum absolute atomic E-state index is 12.3. The van der Waals surface area contributed by atoms with Gasteiger partial charge in [0.05, 0.1) is 26.4 Å². The van der Waals surface area contributed by atoms with Crippen molar-refractivity contribution in [1.82, 2.24) is 5.32 Å². The van der Waals surface area contributed by atoms with Crippen molar-refractivity contribution < 1.29 is 28.5 Å². The van der Waals surface area contributed by atoms with Gasteiger partial charge in [0.25, 0.3) is 5.91 Å². The summed E-state index contributed by atoms with van der Waals surface area (Å²) in [4.78, 5) is 23.6. The molecule has 0 aliphatic carbocycles. The molecule has 0 aliphatic rings. The van der Waals surface area contributed by atoms with Crippen LogP contribution in [0.25, 0.3) is 0 Å². The number of nitrogens with one attached hydrogen (secondary N) is 1. The Kier molecular flexibility index (Phi) is 8.46. The third-order valence-electron chi connectivity index (χ3n) is 2.87. The van der Waals surface area contributed by atoms with E-state index in [2.05, 4.69) is 5.32 Å². The predicted molar refractivity (Wildman–Crippen MR) is 88.9 cm³/mol. The largest absolute Gasteiger partial charge is 0.490 e. The van der Waals surface area contributed by atoms with Crippen LogP contribution in [-0.4, -0.2) is 44.8 Å². The molecule has 0 aromatic heterocycles. The van der Waals surface area contributed by atoms with Crippen LogP contribution in [-0.2, 0) is 9.53 Å². The van der Waals surface area contributed by atoms with Gasteiger partial charge in [-0.1, -0.05) is 0 Å². The highest BCUT2D eigenvalue weighted by Crippen LogP contribution is 2.39. The molecular formula is C17H25NO6. The number of hydrogen-bond acceptors (Lipinski definition) is 6. The fourth-order valence-electron chi connectivity index (χ4n) is 1.99. The van der Waals surface area contributed by atoms with Crippen LogP contribution in [0.5, 0.6) is 17.2 Å². The molecule has 0 aliphatic heterocycles. The van der Waals surface area contributed by atoms with Gasteiger partial charge >= 0.3 is 5.97 Å². The topological polar surface area (TPSA) is 83.1 Å². The molecule has 7 nitrogen and oxygen atoms in total. The third kappa shape index (κ3) is 5.64. The van der Waals surface area contributed by atoms with Gasteiger partial charge in [-0.3, -0.25) is 9.59 Å². The number of hydrogen-bond donors (Lipinski definition) is 1. The molecule has 0 saturated carbocycles. The maximum Gasteiger partial charge on any atom is 0.325 e. The van der Waals surface area contributed by atoms with E-state index in [0.717, 1.165) is 0 Å². The van der Waals surface area contributed by atoms with Gasteiger partial charge in [-0.05, 0) is 39.8 Å². The van der Waals surface area contributed by atoms with E-state index in [-0.39, 0.29) is 13.2 Å². The first kappa shape index (κ1) is 19.6. The lowest BCUT2D eigenvalue weighted by atomic mass is 10.1. The van der Waals surface area contributed by atoms with Crippen molar-refractivity contribution in [1.29, 1.82) is 0 Å². The van der Waals surface area contributed by atoms with Crippen molar-refractivity contribution in [2.45, 2.75) is 27.7 Å². The van der Waals surface area contributed by atoms with Crippen LogP contribution in [0.4, 0.5) is 0 Å². The zero-order chi connectivity index (χ0) is 17.9. The summed E-state index contributed by atoms with van der Waals surface area (Å²) in [6.45, 7) is 8.57. The van der Waals surface area contributed by atoms with Gasteiger partial charge in [0.1, 0.15) is 6.54 Å². The molecule has 0 spiro atoms. The molecule has 0 saturated heterocycles. The summed E-state index contributed by atoms with van der Waals surface area (Å²) in [5.41, 5.74) is 0.314. The lowest BCUT2D eigenvalue weighted by molar-refractivity contribution is -0.141. The van der Waals surface area contributed by atoms with Crippen molar-refractivity contribution in [2.24, 2.45) is 0 Å². The van der Waals surface area contributed by atoms with Crippen LogP contribution in [0.1, 0.15) is 38.1 Å². The monoisotopic (exact) mass is 339 g/mol. The zero-order valence-electron chi connectivity index (χ0n) is 14.6. The van der Waals surface area contributed by atoms with Crippen LogP contribution in [0.3, 0.4) is 0 Å². The second-order valence-corrected chi connectivity index (χ2v) is 4.59. The quantitative estimate of drug-likeness (QED) is 0.658. The SMILES string of the molecule is CCOC(=O)CNC(=O)c1cc(OCC)c(OCC)c(OCC)c1. The summed E-state index contributed by atoms with van der Waals surface area (Å²) in [5.74, 6) is 0.390. The smallest absolute Gasteiger partial charge is 0.325 e. The van der Waals surface area contributed by atoms with Crippen LogP contribution in [0.15, 0.2) is 12.1 Å². The van der Waals surface area contributed by atoms with E-state index in [9.17, 15) is 9.59 Å². The van der Waals surface area contributed by atoms with E-state index < -0.39 is 11.9 Å². The van der Waals surface area contributed by atoms with Gasteiger partial charge in [0.15, 0.2) is 11.5 Å². The minimum absolute atomic E-state index is 0.201. The first-order valence-electron chi connectivity index (χ1n) is 8.07. The van der Waals surface area contributed by atoms with Gasteiger partial charge < -0.3 is 24.3 Å². The highest BCUT2D eigenvalue weighted by Gasteiger charge is 2.18. The van der Waals surface area contributed by atoms with E-state index in [0.29, 0.717) is 42.6 Å². The summed E-state index contributed by atoms with van der Waals surface area (Å²) in [5, 5.41) is 2.51. The number of ether oxygens (including phenoxy) is 4. The van der Waals surface area contributed by atoms with Crippen LogP contribution < -0.4 is 19.5 Å². The van der Waals surface area contributed by atoms with Crippen LogP contribution in [0, 0.1) is 0 Å². The molecule has 1 N–H and O–H groups in total. The average molecular weight is 339 g/mol. The Morgan fingerprint density at radius 3 is 1.88 bits per heavy atom. The number of amides is 1. The summed E-state index contributed by atoms with van der Waals surface area (Å²) < 4.78 is 21.5. The lowest BCUT2D eigenvalue weighted by Gasteiger charge is -2.17. The molecule has 0 atom stereocenters. The molecule has 7 heteroatoms. The van der Waals surface area contributed by atoms with Gasteiger partial charge in [-0.2, -0.15) is 0 Å². The number of carbonyl (C=O) groups is 2. The number of rotatable bonds is 10. The molecule has 0 bridgehead atoms. The minimum atomic E-state index is -0.494. The number of esters is 1. The second-order valence-electron chi connectivity index (χ2n) is 4.59. The van der Waals surface area contributed by atoms with Crippen molar-refractivity contribution in [3.63, 3.8) is 0 Å². The molecule has 24 heavy (non-hydrogen) atoms. The van der Waals surface area contributed by atoms with Crippen molar-refractivity contribution in [3.8, 4) is 17.2 Å². The summed E-state index contributed by atoms with van der Waals surface area (Å²) >= 11 is 0. The van der Waals surface area contributed by atoms with E-state index in [1.807, 2.05) is 20.8 Å². The molecule has 0 unspecified atom stereocenters. The second kappa shape index (κ2) is 10.4. The lowest BCUT2D eigenvalue weighted by Crippen LogP contribution is -2.30. The highest BCUT2D eigenvalue weighted by molar-refractivity contribution is 5.97. The maximum atomic E-state index is 12.3. The standard InChI is InChI=1S/C17H25NO6/c1-5-21-13-9-12(17(20)18-11-15(19)23-7-3)10-14(22-6-2)16(13)24-8-4/h9-10H,5-8,11H2,1-4H3,(H,18,20). The van der Waals surface area contributed by atoms with E-state index >= 15 is 0 Å². The molecule has 134 valence electrons. The molecule has 0 radical (unpaired) electrons. The molecule has 1 aromatic carbocycles. The van der Waals surface area contributed by atoms with Crippen LogP contribution >= 0.6 is 0 Å². The molecule has 1 aromatic rings. The first-order chi connectivity index (χ1) is 11.6. The van der Waals surface area contributed by atoms with E-state index in [1.54, 1.807) is 19.1 Å². The highest BCUT2D eigenvalue weighted by atomic mass is 16.5. The summed E-state index contributed by atoms with van der Waals surface area (Å²) in [7, 11) is 0. The first-order valence-corrected chi connectivity index (χ1v) is 8.07. The van der Waals surface area contributed by atoms with Gasteiger partial charge in [0, 0.05) is 5.56 Å². The fourth-order valence-corrected chi connectivity index (χ4v) is 1.99. The summed E-state index contributed by atoms with van der Waals surface area (Å²) in [6, 6.07) is 3.13. The Labute approximate surface area is 142 Å². The molecule has 1 amide bonds. The van der Waals surface area contributed by atoms with Crippen molar-refractivity contribution in [3.05, 3.63) is 17.7 Å². The van der Waals surface area contributed by atoms with Crippen molar-refractivity contribution in [2.75, 3.05) is 33.0 Å². The number of benzene rings is 1. The van der Waals surface area contributed by atoms with Gasteiger partial charge in [-0.15, -0.1) is 0 Å². The Hall–Kier alpha value is -2.44. The fraction of sp³-hybridized carbons (Fsp3) is 0.529. The Balaban J connectivity index is 3.04. The van der Waals surface area contributed by atoms with Crippen LogP contribution in [0.2, 0.25) is 0 Å². The zero-order valence-corrected chi connectivity index (χ0v) is 14.6. The van der Waals surface area contributed by atoms with E-state index in [4.69, 9.17) is 18.9 Å². The average Bonchev–Trinajstić information content (AvgIpc) is 2.56. The van der Waals surface area contributed by atoms with Gasteiger partial charge in [-0.25, -0.2) is 0 Å². The minimum Gasteiger partial charge on any atom is -0.490 e. The molecule has 0 fully saturated rings. The summed E-state index contributed by atoms with van der Waals surface area (Å²) in [6.07, 6.45) is 0. The molecule has 1 rings (SSSR count). The Morgan fingerprint density at radius 1 is 0.875 bits per heavy atom. The number of carbonyl (C=O) groups excluding carboxylic acids is 2. The van der Waals surface area contributed by atoms with Crippen molar-refractivity contribution >= 4 is 11.9 Å². The Bertz CT molecular complexity index is 531.